The van der Waals surface area contributed by atoms with E-state index in [1.807, 2.05) is 5.51 Å². The Morgan fingerprint density at radius 2 is 2.41 bits per heavy atom. The van der Waals surface area contributed by atoms with Crippen molar-refractivity contribution in [3.8, 4) is 0 Å². The summed E-state index contributed by atoms with van der Waals surface area (Å²) >= 11 is 1.71. The molecule has 2 aromatic rings. The Kier molecular flexibility index (Phi) is 4.97. The lowest BCUT2D eigenvalue weighted by Crippen LogP contribution is -2.42. The molecule has 0 amide bonds. The van der Waals surface area contributed by atoms with E-state index >= 15 is 0 Å². The minimum atomic E-state index is -0.100. The minimum absolute atomic E-state index is 0.100. The summed E-state index contributed by atoms with van der Waals surface area (Å²) < 4.78 is 5.84. The lowest BCUT2D eigenvalue weighted by atomic mass is 10.1. The number of aryl methyl sites for hydroxylation is 2. The van der Waals surface area contributed by atoms with Gasteiger partial charge >= 0.3 is 0 Å². The molecule has 0 unspecified atom stereocenters. The third kappa shape index (κ3) is 4.00. The molecule has 118 valence electrons. The molecule has 1 aliphatic heterocycles. The van der Waals surface area contributed by atoms with Gasteiger partial charge in [0.15, 0.2) is 0 Å². The number of ether oxygens (including phenoxy) is 1. The molecule has 7 heteroatoms. The van der Waals surface area contributed by atoms with Crippen LogP contribution in [-0.4, -0.2) is 45.7 Å². The Bertz CT molecular complexity index is 669. The summed E-state index contributed by atoms with van der Waals surface area (Å²) in [4.78, 5) is 26.0. The first kappa shape index (κ1) is 15.3. The van der Waals surface area contributed by atoms with Crippen molar-refractivity contribution in [1.82, 2.24) is 19.9 Å². The summed E-state index contributed by atoms with van der Waals surface area (Å²) in [5, 5.41) is 0. The van der Waals surface area contributed by atoms with Gasteiger partial charge in [0.05, 0.1) is 30.2 Å². The standard InChI is InChI=1S/C15H20N4O2S/c1-11-14(22-10-18-11)8-19-4-5-21-13(7-19)3-2-12-6-15(20)17-9-16-12/h6,9-10,13H,2-5,7-8H2,1H3,(H,16,17,20)/t13-/m0/s1. The maximum Gasteiger partial charge on any atom is 0.250 e. The van der Waals surface area contributed by atoms with E-state index in [9.17, 15) is 4.79 Å². The van der Waals surface area contributed by atoms with Crippen LogP contribution in [0.5, 0.6) is 0 Å². The van der Waals surface area contributed by atoms with Gasteiger partial charge in [0, 0.05) is 36.3 Å². The number of rotatable bonds is 5. The first-order chi connectivity index (χ1) is 10.7. The topological polar surface area (TPSA) is 71.1 Å². The molecule has 0 aromatic carbocycles. The highest BCUT2D eigenvalue weighted by atomic mass is 32.1. The van der Waals surface area contributed by atoms with Crippen LogP contribution in [0.4, 0.5) is 0 Å². The summed E-state index contributed by atoms with van der Waals surface area (Å²) in [5.74, 6) is 0. The van der Waals surface area contributed by atoms with E-state index in [0.717, 1.165) is 50.5 Å². The minimum Gasteiger partial charge on any atom is -0.376 e. The molecule has 0 aliphatic carbocycles. The van der Waals surface area contributed by atoms with Crippen molar-refractivity contribution in [2.24, 2.45) is 0 Å². The van der Waals surface area contributed by atoms with Crippen molar-refractivity contribution in [2.45, 2.75) is 32.4 Å². The summed E-state index contributed by atoms with van der Waals surface area (Å²) in [6, 6.07) is 1.56. The highest BCUT2D eigenvalue weighted by molar-refractivity contribution is 7.09. The summed E-state index contributed by atoms with van der Waals surface area (Å²) in [6.07, 6.45) is 3.30. The van der Waals surface area contributed by atoms with E-state index in [0.29, 0.717) is 0 Å². The predicted molar refractivity (Wildman–Crippen MR) is 85.0 cm³/mol. The predicted octanol–water partition coefficient (Wildman–Crippen LogP) is 1.37. The fourth-order valence-corrected chi connectivity index (χ4v) is 3.45. The highest BCUT2D eigenvalue weighted by Crippen LogP contribution is 2.18. The van der Waals surface area contributed by atoms with Gasteiger partial charge in [-0.1, -0.05) is 0 Å². The van der Waals surface area contributed by atoms with Gasteiger partial charge < -0.3 is 9.72 Å². The average molecular weight is 320 g/mol. The number of aromatic nitrogens is 3. The Labute approximate surface area is 133 Å². The van der Waals surface area contributed by atoms with E-state index in [4.69, 9.17) is 4.74 Å². The van der Waals surface area contributed by atoms with Crippen LogP contribution in [0, 0.1) is 6.92 Å². The molecule has 0 bridgehead atoms. The molecule has 22 heavy (non-hydrogen) atoms. The average Bonchev–Trinajstić information content (AvgIpc) is 2.91. The lowest BCUT2D eigenvalue weighted by molar-refractivity contribution is -0.0344. The third-order valence-electron chi connectivity index (χ3n) is 3.89. The van der Waals surface area contributed by atoms with Gasteiger partial charge in [-0.25, -0.2) is 9.97 Å². The smallest absolute Gasteiger partial charge is 0.250 e. The Hall–Kier alpha value is -1.57. The van der Waals surface area contributed by atoms with Crippen LogP contribution in [0.15, 0.2) is 22.7 Å². The number of nitrogens with one attached hydrogen (secondary N) is 1. The molecule has 0 saturated carbocycles. The van der Waals surface area contributed by atoms with E-state index < -0.39 is 0 Å². The largest absolute Gasteiger partial charge is 0.376 e. The molecular weight excluding hydrogens is 300 g/mol. The zero-order valence-corrected chi connectivity index (χ0v) is 13.4. The lowest BCUT2D eigenvalue weighted by Gasteiger charge is -2.32. The van der Waals surface area contributed by atoms with Crippen molar-refractivity contribution >= 4 is 11.3 Å². The quantitative estimate of drug-likeness (QED) is 0.901. The van der Waals surface area contributed by atoms with Crippen LogP contribution in [0.1, 0.15) is 22.7 Å². The molecule has 1 saturated heterocycles. The van der Waals surface area contributed by atoms with Crippen LogP contribution in [0.3, 0.4) is 0 Å². The van der Waals surface area contributed by atoms with Crippen LogP contribution >= 0.6 is 11.3 Å². The van der Waals surface area contributed by atoms with E-state index in [1.165, 1.54) is 11.2 Å². The second kappa shape index (κ2) is 7.13. The van der Waals surface area contributed by atoms with Gasteiger partial charge in [0.25, 0.3) is 5.56 Å². The van der Waals surface area contributed by atoms with Gasteiger partial charge in [0.1, 0.15) is 0 Å². The molecule has 3 rings (SSSR count). The number of nitrogens with zero attached hydrogens (tertiary/aromatic N) is 3. The first-order valence-corrected chi connectivity index (χ1v) is 8.35. The van der Waals surface area contributed by atoms with Gasteiger partial charge in [-0.05, 0) is 19.8 Å². The third-order valence-corrected chi connectivity index (χ3v) is 4.81. The van der Waals surface area contributed by atoms with E-state index in [-0.39, 0.29) is 11.7 Å². The van der Waals surface area contributed by atoms with Crippen molar-refractivity contribution in [3.05, 3.63) is 44.5 Å². The first-order valence-electron chi connectivity index (χ1n) is 7.47. The van der Waals surface area contributed by atoms with Crippen LogP contribution in [-0.2, 0) is 17.7 Å². The van der Waals surface area contributed by atoms with Crippen molar-refractivity contribution < 1.29 is 4.74 Å². The SMILES string of the molecule is Cc1ncsc1CN1CCO[C@@H](CCc2cc(=O)[nH]cn2)C1. The van der Waals surface area contributed by atoms with Crippen LogP contribution < -0.4 is 5.56 Å². The fraction of sp³-hybridized carbons (Fsp3) is 0.533. The van der Waals surface area contributed by atoms with Crippen LogP contribution in [0.2, 0.25) is 0 Å². The number of hydrogen-bond donors (Lipinski definition) is 1. The fourth-order valence-electron chi connectivity index (χ4n) is 2.63. The monoisotopic (exact) mass is 320 g/mol. The summed E-state index contributed by atoms with van der Waals surface area (Å²) in [5.41, 5.74) is 3.75. The molecule has 6 nitrogen and oxygen atoms in total. The molecule has 0 radical (unpaired) electrons. The van der Waals surface area contributed by atoms with Gasteiger partial charge in [-0.2, -0.15) is 0 Å². The van der Waals surface area contributed by atoms with Gasteiger partial charge in [0.2, 0.25) is 0 Å². The summed E-state index contributed by atoms with van der Waals surface area (Å²) in [6.45, 7) is 5.63. The molecule has 2 aromatic heterocycles. The second-order valence-electron chi connectivity index (χ2n) is 5.53. The molecule has 1 fully saturated rings. The molecular formula is C15H20N4O2S. The number of hydrogen-bond acceptors (Lipinski definition) is 6. The van der Waals surface area contributed by atoms with Gasteiger partial charge in [-0.15, -0.1) is 11.3 Å². The Balaban J connectivity index is 1.52. The number of aromatic amines is 1. The normalized spacial score (nSPS) is 19.4. The second-order valence-corrected chi connectivity index (χ2v) is 6.47. The number of morpholine rings is 1. The molecule has 3 heterocycles. The number of H-pyrrole nitrogens is 1. The van der Waals surface area contributed by atoms with E-state index in [2.05, 4.69) is 26.8 Å². The highest BCUT2D eigenvalue weighted by Gasteiger charge is 2.21. The molecule has 0 spiro atoms. The van der Waals surface area contributed by atoms with Crippen LogP contribution in [0.25, 0.3) is 0 Å². The Morgan fingerprint density at radius 3 is 3.18 bits per heavy atom. The Morgan fingerprint density at radius 1 is 1.50 bits per heavy atom. The van der Waals surface area contributed by atoms with E-state index in [1.54, 1.807) is 17.4 Å². The molecule has 1 atom stereocenters. The van der Waals surface area contributed by atoms with Crippen molar-refractivity contribution in [3.63, 3.8) is 0 Å². The maximum atomic E-state index is 11.3. The number of thiazole rings is 1. The maximum absolute atomic E-state index is 11.3. The van der Waals surface area contributed by atoms with Crippen molar-refractivity contribution in [1.29, 1.82) is 0 Å². The summed E-state index contributed by atoms with van der Waals surface area (Å²) in [7, 11) is 0. The zero-order valence-electron chi connectivity index (χ0n) is 12.6. The van der Waals surface area contributed by atoms with Crippen molar-refractivity contribution in [2.75, 3.05) is 19.7 Å². The van der Waals surface area contributed by atoms with Gasteiger partial charge in [-0.3, -0.25) is 9.69 Å². The zero-order chi connectivity index (χ0) is 15.4. The molecule has 1 N–H and O–H groups in total. The molecule has 1 aliphatic rings.